The molecule has 0 fully saturated rings. The van der Waals surface area contributed by atoms with E-state index in [-0.39, 0.29) is 5.69 Å². The summed E-state index contributed by atoms with van der Waals surface area (Å²) in [4.78, 5) is 11.0. The van der Waals surface area contributed by atoms with Gasteiger partial charge in [-0.3, -0.25) is 0 Å². The standard InChI is InChI=1S/C12H12N2O2S/c1-6-4-5-9(8(3)7(6)2)10-11(12(15)16)14-17-13-10/h4-5H,1-3H3,(H,15,16). The average molecular weight is 248 g/mol. The summed E-state index contributed by atoms with van der Waals surface area (Å²) >= 11 is 0.927. The zero-order valence-corrected chi connectivity index (χ0v) is 10.6. The Morgan fingerprint density at radius 1 is 1.18 bits per heavy atom. The Balaban J connectivity index is 2.65. The number of carbonyl (C=O) groups is 1. The van der Waals surface area contributed by atoms with Crippen LogP contribution in [0.5, 0.6) is 0 Å². The highest BCUT2D eigenvalue weighted by Crippen LogP contribution is 2.28. The topological polar surface area (TPSA) is 63.1 Å². The molecule has 0 bridgehead atoms. The molecule has 0 atom stereocenters. The molecule has 0 aliphatic heterocycles. The van der Waals surface area contributed by atoms with Gasteiger partial charge in [0.05, 0.1) is 11.7 Å². The van der Waals surface area contributed by atoms with Gasteiger partial charge >= 0.3 is 5.97 Å². The van der Waals surface area contributed by atoms with Crippen LogP contribution in [-0.4, -0.2) is 19.8 Å². The van der Waals surface area contributed by atoms with Crippen LogP contribution in [0.15, 0.2) is 12.1 Å². The number of nitrogens with zero attached hydrogens (tertiary/aromatic N) is 2. The number of aromatic carboxylic acids is 1. The van der Waals surface area contributed by atoms with Gasteiger partial charge in [0.25, 0.3) is 0 Å². The SMILES string of the molecule is Cc1ccc(-c2nsnc2C(=O)O)c(C)c1C. The van der Waals surface area contributed by atoms with Crippen LogP contribution in [0.2, 0.25) is 0 Å². The first kappa shape index (κ1) is 11.7. The summed E-state index contributed by atoms with van der Waals surface area (Å²) in [6.45, 7) is 6.03. The molecule has 0 unspecified atom stereocenters. The lowest BCUT2D eigenvalue weighted by Gasteiger charge is -2.09. The second kappa shape index (κ2) is 4.25. The number of carboxylic acids is 1. The lowest BCUT2D eigenvalue weighted by Crippen LogP contribution is -2.00. The number of rotatable bonds is 2. The van der Waals surface area contributed by atoms with Gasteiger partial charge in [-0.1, -0.05) is 12.1 Å². The van der Waals surface area contributed by atoms with Crippen molar-refractivity contribution in [3.05, 3.63) is 34.5 Å². The molecule has 0 saturated carbocycles. The fourth-order valence-corrected chi connectivity index (χ4v) is 2.27. The number of aryl methyl sites for hydroxylation is 1. The summed E-state index contributed by atoms with van der Waals surface area (Å²) in [6.07, 6.45) is 0. The van der Waals surface area contributed by atoms with Crippen molar-refractivity contribution in [1.82, 2.24) is 8.75 Å². The molecule has 0 spiro atoms. The Kier molecular flexibility index (Phi) is 2.93. The molecule has 1 aromatic carbocycles. The quantitative estimate of drug-likeness (QED) is 0.887. The molecule has 1 aromatic heterocycles. The van der Waals surface area contributed by atoms with Gasteiger partial charge in [0.1, 0.15) is 5.69 Å². The summed E-state index contributed by atoms with van der Waals surface area (Å²) in [5, 5.41) is 9.03. The van der Waals surface area contributed by atoms with Crippen molar-refractivity contribution in [2.75, 3.05) is 0 Å². The molecule has 5 heteroatoms. The second-order valence-electron chi connectivity index (χ2n) is 3.95. The fourth-order valence-electron chi connectivity index (χ4n) is 1.72. The lowest BCUT2D eigenvalue weighted by atomic mass is 9.96. The monoisotopic (exact) mass is 248 g/mol. The largest absolute Gasteiger partial charge is 0.476 e. The van der Waals surface area contributed by atoms with Gasteiger partial charge in [-0.25, -0.2) is 4.79 Å². The maximum Gasteiger partial charge on any atom is 0.357 e. The van der Waals surface area contributed by atoms with Crippen LogP contribution in [0.25, 0.3) is 11.3 Å². The third-order valence-corrected chi connectivity index (χ3v) is 3.53. The lowest BCUT2D eigenvalue weighted by molar-refractivity contribution is 0.0692. The molecule has 2 aromatic rings. The van der Waals surface area contributed by atoms with Gasteiger partial charge in [-0.05, 0) is 37.5 Å². The van der Waals surface area contributed by atoms with E-state index < -0.39 is 5.97 Å². The van der Waals surface area contributed by atoms with Crippen molar-refractivity contribution in [3.63, 3.8) is 0 Å². The molecule has 17 heavy (non-hydrogen) atoms. The third kappa shape index (κ3) is 1.93. The Bertz CT molecular complexity index is 590. The molecule has 0 aliphatic carbocycles. The molecule has 0 radical (unpaired) electrons. The van der Waals surface area contributed by atoms with Gasteiger partial charge in [0.2, 0.25) is 0 Å². The summed E-state index contributed by atoms with van der Waals surface area (Å²) < 4.78 is 7.91. The molecule has 1 N–H and O–H groups in total. The minimum Gasteiger partial charge on any atom is -0.476 e. The zero-order chi connectivity index (χ0) is 12.6. The first-order chi connectivity index (χ1) is 8.02. The molecule has 0 amide bonds. The van der Waals surface area contributed by atoms with Crippen molar-refractivity contribution in [1.29, 1.82) is 0 Å². The van der Waals surface area contributed by atoms with E-state index in [1.807, 2.05) is 32.9 Å². The number of aromatic nitrogens is 2. The summed E-state index contributed by atoms with van der Waals surface area (Å²) in [5.41, 5.74) is 4.74. The first-order valence-electron chi connectivity index (χ1n) is 5.15. The molecular formula is C12H12N2O2S. The molecule has 88 valence electrons. The highest BCUT2D eigenvalue weighted by molar-refractivity contribution is 6.99. The number of hydrogen-bond donors (Lipinski definition) is 1. The Morgan fingerprint density at radius 2 is 1.88 bits per heavy atom. The van der Waals surface area contributed by atoms with Crippen molar-refractivity contribution in [2.24, 2.45) is 0 Å². The zero-order valence-electron chi connectivity index (χ0n) is 9.81. The van der Waals surface area contributed by atoms with Crippen LogP contribution in [0, 0.1) is 20.8 Å². The maximum atomic E-state index is 11.0. The highest BCUT2D eigenvalue weighted by Gasteiger charge is 2.19. The van der Waals surface area contributed by atoms with Gasteiger partial charge in [0.15, 0.2) is 5.69 Å². The summed E-state index contributed by atoms with van der Waals surface area (Å²) in [6, 6.07) is 3.88. The van der Waals surface area contributed by atoms with Crippen molar-refractivity contribution < 1.29 is 9.90 Å². The highest BCUT2D eigenvalue weighted by atomic mass is 32.1. The molecular weight excluding hydrogens is 236 g/mol. The van der Waals surface area contributed by atoms with E-state index in [4.69, 9.17) is 5.11 Å². The number of carboxylic acid groups (broad SMARTS) is 1. The van der Waals surface area contributed by atoms with E-state index in [9.17, 15) is 4.79 Å². The van der Waals surface area contributed by atoms with Gasteiger partial charge in [0, 0.05) is 5.56 Å². The van der Waals surface area contributed by atoms with Crippen molar-refractivity contribution in [2.45, 2.75) is 20.8 Å². The second-order valence-corrected chi connectivity index (χ2v) is 4.48. The molecule has 1 heterocycles. The minimum absolute atomic E-state index is 0.0290. The van der Waals surface area contributed by atoms with Crippen LogP contribution < -0.4 is 0 Å². The van der Waals surface area contributed by atoms with Gasteiger partial charge in [-0.2, -0.15) is 8.75 Å². The van der Waals surface area contributed by atoms with Gasteiger partial charge < -0.3 is 5.11 Å². The van der Waals surface area contributed by atoms with Crippen molar-refractivity contribution >= 4 is 17.7 Å². The Labute approximate surface area is 103 Å². The van der Waals surface area contributed by atoms with E-state index >= 15 is 0 Å². The molecule has 0 saturated heterocycles. The van der Waals surface area contributed by atoms with Crippen LogP contribution in [0.1, 0.15) is 27.2 Å². The van der Waals surface area contributed by atoms with Crippen LogP contribution in [-0.2, 0) is 0 Å². The minimum atomic E-state index is -1.04. The molecule has 4 nitrogen and oxygen atoms in total. The fraction of sp³-hybridized carbons (Fsp3) is 0.250. The molecule has 0 aliphatic rings. The molecule has 2 rings (SSSR count). The van der Waals surface area contributed by atoms with Crippen molar-refractivity contribution in [3.8, 4) is 11.3 Å². The number of benzene rings is 1. The van der Waals surface area contributed by atoms with E-state index in [0.717, 1.165) is 28.4 Å². The Hall–Kier alpha value is -1.75. The summed E-state index contributed by atoms with van der Waals surface area (Å²) in [5.74, 6) is -1.04. The average Bonchev–Trinajstić information content (AvgIpc) is 2.75. The van der Waals surface area contributed by atoms with E-state index in [0.29, 0.717) is 5.69 Å². The predicted molar refractivity (Wildman–Crippen MR) is 66.5 cm³/mol. The maximum absolute atomic E-state index is 11.0. The normalized spacial score (nSPS) is 10.5. The van der Waals surface area contributed by atoms with E-state index in [1.165, 1.54) is 5.56 Å². The van der Waals surface area contributed by atoms with Crippen LogP contribution >= 0.6 is 11.7 Å². The smallest absolute Gasteiger partial charge is 0.357 e. The Morgan fingerprint density at radius 3 is 2.53 bits per heavy atom. The van der Waals surface area contributed by atoms with E-state index in [1.54, 1.807) is 0 Å². The van der Waals surface area contributed by atoms with Crippen LogP contribution in [0.3, 0.4) is 0 Å². The summed E-state index contributed by atoms with van der Waals surface area (Å²) in [7, 11) is 0. The van der Waals surface area contributed by atoms with E-state index in [2.05, 4.69) is 8.75 Å². The first-order valence-corrected chi connectivity index (χ1v) is 5.88. The number of hydrogen-bond acceptors (Lipinski definition) is 4. The van der Waals surface area contributed by atoms with Crippen LogP contribution in [0.4, 0.5) is 0 Å². The third-order valence-electron chi connectivity index (χ3n) is 3.00. The predicted octanol–water partition coefficient (Wildman–Crippen LogP) is 2.83. The van der Waals surface area contributed by atoms with Gasteiger partial charge in [-0.15, -0.1) is 0 Å².